The smallest absolute Gasteiger partial charge is 0.237 e. The molecule has 2 amide bonds. The Hall–Kier alpha value is -2.74. The van der Waals surface area contributed by atoms with Crippen molar-refractivity contribution in [2.45, 2.75) is 32.4 Å². The van der Waals surface area contributed by atoms with E-state index >= 15 is 0 Å². The van der Waals surface area contributed by atoms with E-state index in [-0.39, 0.29) is 18.2 Å². The topological polar surface area (TPSA) is 103 Å². The number of aromatic nitrogens is 3. The number of hydrogen-bond acceptors (Lipinski definition) is 5. The van der Waals surface area contributed by atoms with Crippen LogP contribution in [0, 0.1) is 6.92 Å². The molecule has 0 saturated carbocycles. The van der Waals surface area contributed by atoms with Gasteiger partial charge in [-0.15, -0.1) is 0 Å². The Labute approximate surface area is 152 Å². The molecule has 3 N–H and O–H groups in total. The summed E-state index contributed by atoms with van der Waals surface area (Å²) < 4.78 is 0. The molecule has 26 heavy (non-hydrogen) atoms. The van der Waals surface area contributed by atoms with Crippen LogP contribution in [0.25, 0.3) is 0 Å². The standard InChI is InChI=1S/C18H24N6O2/c1-13-4-2-3-5-14(13)12-24-9-8-20-18(26)16(24)10-17(25)19-7-6-15-11-21-23-22-15/h2-5,11,16H,6-10,12H2,1H3,(H,19,25)(H,20,26)(H,21,22,23)/t16-/m1/s1. The minimum atomic E-state index is -0.449. The third kappa shape index (κ3) is 4.66. The van der Waals surface area contributed by atoms with Gasteiger partial charge in [-0.2, -0.15) is 15.4 Å². The quantitative estimate of drug-likeness (QED) is 0.656. The first-order valence-electron chi connectivity index (χ1n) is 8.81. The molecule has 0 radical (unpaired) electrons. The molecular weight excluding hydrogens is 332 g/mol. The molecule has 1 fully saturated rings. The van der Waals surface area contributed by atoms with Crippen LogP contribution in [0.15, 0.2) is 30.5 Å². The van der Waals surface area contributed by atoms with Gasteiger partial charge in [0.25, 0.3) is 0 Å². The van der Waals surface area contributed by atoms with Gasteiger partial charge in [0.2, 0.25) is 11.8 Å². The third-order valence-corrected chi connectivity index (χ3v) is 4.62. The second-order valence-electron chi connectivity index (χ2n) is 6.47. The van der Waals surface area contributed by atoms with Crippen molar-refractivity contribution in [2.24, 2.45) is 0 Å². The van der Waals surface area contributed by atoms with Gasteiger partial charge in [-0.25, -0.2) is 0 Å². The number of amides is 2. The summed E-state index contributed by atoms with van der Waals surface area (Å²) >= 11 is 0. The van der Waals surface area contributed by atoms with E-state index in [4.69, 9.17) is 0 Å². The zero-order valence-electron chi connectivity index (χ0n) is 14.9. The Balaban J connectivity index is 1.56. The van der Waals surface area contributed by atoms with Gasteiger partial charge in [0.1, 0.15) is 0 Å². The third-order valence-electron chi connectivity index (χ3n) is 4.62. The monoisotopic (exact) mass is 356 g/mol. The second kappa shape index (κ2) is 8.57. The van der Waals surface area contributed by atoms with Crippen LogP contribution in [0.1, 0.15) is 23.2 Å². The molecule has 1 aromatic carbocycles. The van der Waals surface area contributed by atoms with Crippen molar-refractivity contribution in [1.29, 1.82) is 0 Å². The highest BCUT2D eigenvalue weighted by atomic mass is 16.2. The average Bonchev–Trinajstić information content (AvgIpc) is 3.13. The number of rotatable bonds is 7. The molecule has 3 rings (SSSR count). The van der Waals surface area contributed by atoms with E-state index in [1.807, 2.05) is 12.1 Å². The summed E-state index contributed by atoms with van der Waals surface area (Å²) in [6.07, 6.45) is 2.38. The molecule has 1 atom stereocenters. The van der Waals surface area contributed by atoms with Gasteiger partial charge < -0.3 is 10.6 Å². The summed E-state index contributed by atoms with van der Waals surface area (Å²) in [5, 5.41) is 15.9. The van der Waals surface area contributed by atoms with Crippen LogP contribution in [0.4, 0.5) is 0 Å². The Morgan fingerprint density at radius 3 is 3.00 bits per heavy atom. The summed E-state index contributed by atoms with van der Waals surface area (Å²) in [6, 6.07) is 7.68. The van der Waals surface area contributed by atoms with Crippen LogP contribution in [0.3, 0.4) is 0 Å². The van der Waals surface area contributed by atoms with E-state index < -0.39 is 6.04 Å². The molecule has 2 heterocycles. The van der Waals surface area contributed by atoms with E-state index in [0.717, 1.165) is 12.2 Å². The fourth-order valence-corrected chi connectivity index (χ4v) is 3.10. The normalized spacial score (nSPS) is 17.7. The first-order valence-corrected chi connectivity index (χ1v) is 8.81. The lowest BCUT2D eigenvalue weighted by Crippen LogP contribution is -2.56. The first-order chi connectivity index (χ1) is 12.6. The van der Waals surface area contributed by atoms with E-state index in [1.165, 1.54) is 11.1 Å². The molecule has 0 aliphatic carbocycles. The molecule has 0 spiro atoms. The van der Waals surface area contributed by atoms with Gasteiger partial charge in [-0.05, 0) is 18.1 Å². The summed E-state index contributed by atoms with van der Waals surface area (Å²) in [7, 11) is 0. The summed E-state index contributed by atoms with van der Waals surface area (Å²) in [6.45, 7) is 4.53. The number of nitrogens with one attached hydrogen (secondary N) is 3. The second-order valence-corrected chi connectivity index (χ2v) is 6.47. The highest BCUT2D eigenvalue weighted by Crippen LogP contribution is 2.16. The number of nitrogens with zero attached hydrogens (tertiary/aromatic N) is 3. The first kappa shape index (κ1) is 18.1. The van der Waals surface area contributed by atoms with E-state index in [1.54, 1.807) is 6.20 Å². The van der Waals surface area contributed by atoms with Crippen LogP contribution >= 0.6 is 0 Å². The molecule has 8 heteroatoms. The maximum Gasteiger partial charge on any atom is 0.237 e. The number of piperazine rings is 1. The van der Waals surface area contributed by atoms with E-state index in [9.17, 15) is 9.59 Å². The average molecular weight is 356 g/mol. The highest BCUT2D eigenvalue weighted by molar-refractivity contribution is 5.88. The molecule has 1 aromatic heterocycles. The minimum absolute atomic E-state index is 0.0866. The predicted molar refractivity (Wildman–Crippen MR) is 96.1 cm³/mol. The number of H-pyrrole nitrogens is 1. The number of benzene rings is 1. The van der Waals surface area contributed by atoms with Crippen molar-refractivity contribution in [3.05, 3.63) is 47.3 Å². The van der Waals surface area contributed by atoms with Gasteiger partial charge in [0.05, 0.1) is 24.4 Å². The zero-order valence-corrected chi connectivity index (χ0v) is 14.9. The van der Waals surface area contributed by atoms with Crippen LogP contribution < -0.4 is 10.6 Å². The lowest BCUT2D eigenvalue weighted by Gasteiger charge is -2.35. The van der Waals surface area contributed by atoms with Crippen LogP contribution in [0.5, 0.6) is 0 Å². The number of carbonyl (C=O) groups is 2. The largest absolute Gasteiger partial charge is 0.356 e. The number of aromatic amines is 1. The maximum absolute atomic E-state index is 12.3. The Morgan fingerprint density at radius 2 is 2.23 bits per heavy atom. The van der Waals surface area contributed by atoms with Crippen molar-refractivity contribution < 1.29 is 9.59 Å². The van der Waals surface area contributed by atoms with Crippen LogP contribution in [-0.2, 0) is 22.6 Å². The molecule has 0 unspecified atom stereocenters. The number of hydrogen-bond donors (Lipinski definition) is 3. The van der Waals surface area contributed by atoms with Gasteiger partial charge in [-0.3, -0.25) is 14.5 Å². The minimum Gasteiger partial charge on any atom is -0.356 e. The van der Waals surface area contributed by atoms with Crippen molar-refractivity contribution in [2.75, 3.05) is 19.6 Å². The van der Waals surface area contributed by atoms with Crippen molar-refractivity contribution in [3.63, 3.8) is 0 Å². The Bertz CT molecular complexity index is 746. The Morgan fingerprint density at radius 1 is 1.38 bits per heavy atom. The molecular formula is C18H24N6O2. The fraction of sp³-hybridized carbons (Fsp3) is 0.444. The van der Waals surface area contributed by atoms with Crippen molar-refractivity contribution in [1.82, 2.24) is 30.9 Å². The highest BCUT2D eigenvalue weighted by Gasteiger charge is 2.31. The molecule has 0 bridgehead atoms. The maximum atomic E-state index is 12.3. The van der Waals surface area contributed by atoms with Crippen LogP contribution in [0.2, 0.25) is 0 Å². The van der Waals surface area contributed by atoms with Gasteiger partial charge >= 0.3 is 0 Å². The van der Waals surface area contributed by atoms with Gasteiger partial charge in [0.15, 0.2) is 0 Å². The molecule has 138 valence electrons. The van der Waals surface area contributed by atoms with Crippen LogP contribution in [-0.4, -0.2) is 57.8 Å². The van der Waals surface area contributed by atoms with E-state index in [0.29, 0.717) is 26.1 Å². The summed E-state index contributed by atoms with van der Waals surface area (Å²) in [5.74, 6) is -0.221. The molecule has 1 saturated heterocycles. The van der Waals surface area contributed by atoms with Gasteiger partial charge in [0, 0.05) is 32.6 Å². The molecule has 1 aliphatic heterocycles. The molecule has 8 nitrogen and oxygen atoms in total. The predicted octanol–water partition coefficient (Wildman–Crippen LogP) is 0.163. The SMILES string of the molecule is Cc1ccccc1CN1CCNC(=O)[C@H]1CC(=O)NCCc1cn[nH]n1. The summed E-state index contributed by atoms with van der Waals surface area (Å²) in [4.78, 5) is 26.7. The lowest BCUT2D eigenvalue weighted by molar-refractivity contribution is -0.134. The Kier molecular flexibility index (Phi) is 5.96. The van der Waals surface area contributed by atoms with Gasteiger partial charge in [-0.1, -0.05) is 24.3 Å². The number of aryl methyl sites for hydroxylation is 1. The molecule has 2 aromatic rings. The van der Waals surface area contributed by atoms with Crippen molar-refractivity contribution >= 4 is 11.8 Å². The lowest BCUT2D eigenvalue weighted by atomic mass is 10.0. The molecule has 1 aliphatic rings. The van der Waals surface area contributed by atoms with Crippen molar-refractivity contribution in [3.8, 4) is 0 Å². The number of carbonyl (C=O) groups excluding carboxylic acids is 2. The summed E-state index contributed by atoms with van der Waals surface area (Å²) in [5.41, 5.74) is 3.16. The zero-order chi connectivity index (χ0) is 18.4. The van der Waals surface area contributed by atoms with E-state index in [2.05, 4.69) is 50.0 Å². The fourth-order valence-electron chi connectivity index (χ4n) is 3.10.